The van der Waals surface area contributed by atoms with Crippen molar-refractivity contribution in [2.75, 3.05) is 0 Å². The van der Waals surface area contributed by atoms with E-state index in [-0.39, 0.29) is 20.7 Å². The molecule has 2 rings (SSSR count). The highest BCUT2D eigenvalue weighted by atomic mass is 15.3. The van der Waals surface area contributed by atoms with Gasteiger partial charge in [-0.1, -0.05) is 14.9 Å². The van der Waals surface area contributed by atoms with E-state index in [1.165, 1.54) is 0 Å². The number of rotatable bonds is 1. The molecule has 0 radical (unpaired) electrons. The first-order valence-electron chi connectivity index (χ1n) is 3.71. The maximum atomic E-state index is 8.43. The summed E-state index contributed by atoms with van der Waals surface area (Å²) in [6.45, 7) is 0. The second kappa shape index (κ2) is 5.50. The maximum Gasteiger partial charge on any atom is 0.488 e. The van der Waals surface area contributed by atoms with Crippen LogP contribution >= 0.6 is 0 Å². The van der Waals surface area contributed by atoms with Crippen molar-refractivity contribution in [3.8, 4) is 5.69 Å². The van der Waals surface area contributed by atoms with Crippen molar-refractivity contribution in [2.45, 2.75) is 14.9 Å². The van der Waals surface area contributed by atoms with Crippen molar-refractivity contribution in [1.29, 1.82) is 5.39 Å². The first-order valence-corrected chi connectivity index (χ1v) is 3.71. The average Bonchev–Trinajstić information content (AvgIpc) is 2.67. The summed E-state index contributed by atoms with van der Waals surface area (Å²) in [6, 6.07) is 5.28. The summed E-state index contributed by atoms with van der Waals surface area (Å²) in [4.78, 5) is 6.91. The molecule has 0 bridgehead atoms. The molecule has 0 saturated heterocycles. The van der Waals surface area contributed by atoms with Gasteiger partial charge < -0.3 is 0 Å². The Morgan fingerprint density at radius 1 is 1.27 bits per heavy atom. The Bertz CT molecular complexity index is 440. The number of aromatic nitrogens is 3. The molecule has 0 fully saturated rings. The summed E-state index contributed by atoms with van der Waals surface area (Å²) >= 11 is 0. The van der Waals surface area contributed by atoms with E-state index >= 15 is 0 Å². The van der Waals surface area contributed by atoms with E-state index in [0.29, 0.717) is 0 Å². The lowest BCUT2D eigenvalue weighted by atomic mass is 10.4. The molecule has 0 spiro atoms. The first kappa shape index (κ1) is 12.8. The van der Waals surface area contributed by atoms with Crippen molar-refractivity contribution in [3.63, 3.8) is 0 Å². The number of nitrogens with zero attached hydrogens (tertiary/aromatic N) is 5. The third kappa shape index (κ3) is 2.61. The van der Waals surface area contributed by atoms with Crippen LogP contribution in [0.1, 0.15) is 14.9 Å². The molecule has 2 aromatic heterocycles. The van der Waals surface area contributed by atoms with Crippen LogP contribution in [0.25, 0.3) is 10.7 Å². The highest BCUT2D eigenvalue weighted by Gasteiger charge is 2.10. The molecule has 2 aromatic rings. The Kier molecular flexibility index (Phi) is 4.68. The van der Waals surface area contributed by atoms with Crippen LogP contribution < -0.4 is 0 Å². The molecule has 5 heteroatoms. The summed E-state index contributed by atoms with van der Waals surface area (Å²) in [5.74, 6) is 0.281. The Balaban J connectivity index is 0.000000980. The third-order valence-electron chi connectivity index (χ3n) is 1.59. The molecule has 15 heavy (non-hydrogen) atoms. The lowest BCUT2D eigenvalue weighted by Gasteiger charge is -1.91. The molecule has 0 unspecified atom stereocenters. The molecule has 0 aliphatic rings. The second-order valence-corrected chi connectivity index (χ2v) is 2.43. The monoisotopic (exact) mass is 204 g/mol. The summed E-state index contributed by atoms with van der Waals surface area (Å²) in [7, 11) is 0. The minimum Gasteiger partial charge on any atom is -0.262 e. The third-order valence-corrected chi connectivity index (χ3v) is 1.59. The number of hydrogen-bond donors (Lipinski definition) is 0. The Morgan fingerprint density at radius 3 is 2.60 bits per heavy atom. The van der Waals surface area contributed by atoms with Crippen LogP contribution in [0.2, 0.25) is 0 Å². The van der Waals surface area contributed by atoms with E-state index < -0.39 is 0 Å². The van der Waals surface area contributed by atoms with Gasteiger partial charge in [-0.15, -0.1) is 4.68 Å². The van der Waals surface area contributed by atoms with E-state index in [1.54, 1.807) is 29.3 Å². The Morgan fingerprint density at radius 2 is 2.07 bits per heavy atom. The number of pyridine rings is 1. The normalized spacial score (nSPS) is 8.20. The van der Waals surface area contributed by atoms with E-state index in [2.05, 4.69) is 15.1 Å². The maximum absolute atomic E-state index is 8.43. The molecule has 0 aliphatic heterocycles. The molecule has 0 saturated carbocycles. The van der Waals surface area contributed by atoms with Crippen LogP contribution in [0, 0.1) is 5.39 Å². The second-order valence-electron chi connectivity index (χ2n) is 2.43. The minimum absolute atomic E-state index is 0. The van der Waals surface area contributed by atoms with Crippen molar-refractivity contribution in [2.24, 2.45) is 0 Å². The summed E-state index contributed by atoms with van der Waals surface area (Å²) in [5, 5.41) is 12.4. The van der Waals surface area contributed by atoms with Gasteiger partial charge in [0.1, 0.15) is 5.69 Å². The summed E-state index contributed by atoms with van der Waals surface area (Å²) < 4.78 is 1.59. The van der Waals surface area contributed by atoms with E-state index in [9.17, 15) is 0 Å². The van der Waals surface area contributed by atoms with E-state index in [0.717, 1.165) is 5.69 Å². The molecule has 0 aromatic carbocycles. The van der Waals surface area contributed by atoms with Crippen LogP contribution in [-0.4, -0.2) is 14.8 Å². The molecule has 0 aliphatic carbocycles. The van der Waals surface area contributed by atoms with Crippen LogP contribution in [-0.2, 0) is 0 Å². The Labute approximate surface area is 89.0 Å². The van der Waals surface area contributed by atoms with Crippen LogP contribution in [0.4, 0.5) is 5.82 Å². The molecule has 5 nitrogen and oxygen atoms in total. The van der Waals surface area contributed by atoms with Gasteiger partial charge in [0.15, 0.2) is 0 Å². The van der Waals surface area contributed by atoms with Crippen molar-refractivity contribution < 1.29 is 0 Å². The molecule has 0 atom stereocenters. The van der Waals surface area contributed by atoms with Crippen LogP contribution in [0.15, 0.2) is 36.8 Å². The largest absolute Gasteiger partial charge is 0.488 e. The van der Waals surface area contributed by atoms with Gasteiger partial charge >= 0.3 is 5.82 Å². The molecule has 0 N–H and O–H groups in total. The average molecular weight is 204 g/mol. The topological polar surface area (TPSA) is 58.9 Å². The molecular formula is C10H14N5+. The Hall–Kier alpha value is -2.22. The molecule has 2 heterocycles. The smallest absolute Gasteiger partial charge is 0.262 e. The van der Waals surface area contributed by atoms with E-state index in [4.69, 9.17) is 5.39 Å². The lowest BCUT2D eigenvalue weighted by Crippen LogP contribution is -1.93. The van der Waals surface area contributed by atoms with Crippen LogP contribution in [0.5, 0.6) is 0 Å². The fraction of sp³-hybridized carbons (Fsp3) is 0.200. The van der Waals surface area contributed by atoms with Crippen molar-refractivity contribution in [3.05, 3.63) is 41.8 Å². The van der Waals surface area contributed by atoms with Crippen molar-refractivity contribution in [1.82, 2.24) is 14.8 Å². The van der Waals surface area contributed by atoms with Gasteiger partial charge in [0.2, 0.25) is 0 Å². The zero-order valence-corrected chi connectivity index (χ0v) is 6.70. The first-order chi connectivity index (χ1) is 6.40. The van der Waals surface area contributed by atoms with Gasteiger partial charge in [0.05, 0.1) is 29.0 Å². The van der Waals surface area contributed by atoms with Gasteiger partial charge in [-0.25, -0.2) is 0 Å². The fourth-order valence-corrected chi connectivity index (χ4v) is 1.00. The van der Waals surface area contributed by atoms with Gasteiger partial charge in [-0.2, -0.15) is 0 Å². The highest BCUT2D eigenvalue weighted by molar-refractivity contribution is 5.36. The van der Waals surface area contributed by atoms with E-state index in [1.807, 2.05) is 12.1 Å². The molecular weight excluding hydrogens is 190 g/mol. The van der Waals surface area contributed by atoms with Gasteiger partial charge in [-0.05, 0) is 12.1 Å². The van der Waals surface area contributed by atoms with Crippen molar-refractivity contribution >= 4 is 5.82 Å². The number of hydrogen-bond acceptors (Lipinski definition) is 3. The molecule has 78 valence electrons. The van der Waals surface area contributed by atoms with Gasteiger partial charge in [0, 0.05) is 11.2 Å². The molecule has 0 amide bonds. The minimum atomic E-state index is 0. The lowest BCUT2D eigenvalue weighted by molar-refractivity contribution is 0.880. The zero-order valence-electron chi connectivity index (χ0n) is 6.70. The summed E-state index contributed by atoms with van der Waals surface area (Å²) in [5.41, 5.74) is 0.831. The zero-order chi connectivity index (χ0) is 9.10. The van der Waals surface area contributed by atoms with Gasteiger partial charge in [-0.3, -0.25) is 4.98 Å². The van der Waals surface area contributed by atoms with Crippen LogP contribution in [0.3, 0.4) is 0 Å². The predicted octanol–water partition coefficient (Wildman–Crippen LogP) is 3.02. The van der Waals surface area contributed by atoms with Gasteiger partial charge in [0.25, 0.3) is 0 Å². The number of diazo groups is 1. The predicted molar refractivity (Wildman–Crippen MR) is 59.6 cm³/mol. The fourth-order valence-electron chi connectivity index (χ4n) is 1.00. The standard InChI is InChI=1S/C8H6N5.2CH4/c9-11-8-3-5-13(12-8)7-2-1-4-10-6-7;;/h1-6H;2*1H4/q+1;;. The highest BCUT2D eigenvalue weighted by Crippen LogP contribution is 2.10. The summed E-state index contributed by atoms with van der Waals surface area (Å²) in [6.07, 6.45) is 5.06. The quantitative estimate of drug-likeness (QED) is 0.671. The SMILES string of the molecule is C.C.N#[N+]c1ccn(-c2cccnc2)n1.